The standard InChI is InChI=1S/C32H33F3N4O4S2/c1-3-36(4-2)20-14-12-19(13-15-20)24-25-26(29(42)39(28(25)41)22-11-7-6-10-21(22)32(33,34)35)44-30-27(24)45-31(43)38(30)18-23(40)37-16-8-5-9-17-37/h6-7,10-15,24-26H,3-5,8-9,16-18H2,1-2H3/t24-,25-,26+/m0/s1. The summed E-state index contributed by atoms with van der Waals surface area (Å²) in [5.41, 5.74) is 0.0457. The largest absolute Gasteiger partial charge is 0.418 e. The van der Waals surface area contributed by atoms with Gasteiger partial charge in [-0.1, -0.05) is 47.4 Å². The molecule has 0 spiro atoms. The molecule has 0 radical (unpaired) electrons. The van der Waals surface area contributed by atoms with E-state index >= 15 is 0 Å². The maximum absolute atomic E-state index is 14.1. The molecular formula is C32H33F3N4O4S2. The molecule has 2 fully saturated rings. The first-order valence-corrected chi connectivity index (χ1v) is 16.8. The van der Waals surface area contributed by atoms with Gasteiger partial charge >= 0.3 is 11.0 Å². The van der Waals surface area contributed by atoms with E-state index in [0.717, 1.165) is 73.3 Å². The van der Waals surface area contributed by atoms with Gasteiger partial charge in [-0.2, -0.15) is 13.2 Å². The number of carbonyl (C=O) groups excluding carboxylic acids is 3. The third kappa shape index (κ3) is 5.58. The second kappa shape index (κ2) is 12.3. The maximum Gasteiger partial charge on any atom is 0.418 e. The predicted molar refractivity (Wildman–Crippen MR) is 168 cm³/mol. The monoisotopic (exact) mass is 658 g/mol. The van der Waals surface area contributed by atoms with Gasteiger partial charge in [0.05, 0.1) is 22.2 Å². The number of fused-ring (bicyclic) bond motifs is 2. The highest BCUT2D eigenvalue weighted by Gasteiger charge is 2.57. The van der Waals surface area contributed by atoms with Crippen LogP contribution in [0, 0.1) is 5.92 Å². The highest BCUT2D eigenvalue weighted by atomic mass is 32.2. The molecule has 1 aromatic heterocycles. The van der Waals surface area contributed by atoms with Crippen molar-refractivity contribution in [3.8, 4) is 0 Å². The van der Waals surface area contributed by atoms with Crippen LogP contribution < -0.4 is 14.7 Å². The number of anilines is 2. The lowest BCUT2D eigenvalue weighted by Gasteiger charge is -2.31. The molecular weight excluding hydrogens is 626 g/mol. The van der Waals surface area contributed by atoms with Gasteiger partial charge in [0, 0.05) is 42.7 Å². The summed E-state index contributed by atoms with van der Waals surface area (Å²) in [6.07, 6.45) is -1.97. The number of hydrogen-bond donors (Lipinski definition) is 0. The Morgan fingerprint density at radius 2 is 1.60 bits per heavy atom. The summed E-state index contributed by atoms with van der Waals surface area (Å²) >= 11 is 1.93. The van der Waals surface area contributed by atoms with Gasteiger partial charge in [0.15, 0.2) is 0 Å². The van der Waals surface area contributed by atoms with Gasteiger partial charge in [0.2, 0.25) is 17.7 Å². The number of likely N-dealkylation sites (tertiary alicyclic amines) is 1. The van der Waals surface area contributed by atoms with Crippen LogP contribution in [0.2, 0.25) is 0 Å². The molecule has 3 aromatic rings. The molecule has 45 heavy (non-hydrogen) atoms. The lowest BCUT2D eigenvalue weighted by Crippen LogP contribution is -2.39. The zero-order chi connectivity index (χ0) is 32.0. The van der Waals surface area contributed by atoms with Gasteiger partial charge in [-0.05, 0) is 62.9 Å². The zero-order valence-corrected chi connectivity index (χ0v) is 26.5. The van der Waals surface area contributed by atoms with E-state index in [1.165, 1.54) is 16.7 Å². The minimum atomic E-state index is -4.79. The summed E-state index contributed by atoms with van der Waals surface area (Å²) in [5, 5.41) is -0.661. The van der Waals surface area contributed by atoms with Crippen molar-refractivity contribution in [3.63, 3.8) is 0 Å². The number of carbonyl (C=O) groups is 3. The van der Waals surface area contributed by atoms with E-state index in [1.54, 1.807) is 4.90 Å². The molecule has 2 aromatic carbocycles. The average molecular weight is 659 g/mol. The molecule has 0 aliphatic carbocycles. The lowest BCUT2D eigenvalue weighted by atomic mass is 9.83. The molecule has 3 amide bonds. The first-order chi connectivity index (χ1) is 21.5. The number of aromatic nitrogens is 1. The summed E-state index contributed by atoms with van der Waals surface area (Å²) in [5.74, 6) is -3.51. The van der Waals surface area contributed by atoms with Crippen molar-refractivity contribution >= 4 is 52.2 Å². The second-order valence-corrected chi connectivity index (χ2v) is 13.5. The average Bonchev–Trinajstić information content (AvgIpc) is 3.48. The molecule has 3 aliphatic rings. The van der Waals surface area contributed by atoms with Crippen molar-refractivity contribution < 1.29 is 27.6 Å². The SMILES string of the molecule is CCN(CC)c1ccc([C@@H]2c3sc(=O)n(CC(=O)N4CCCCC4)c3S[C@H]3C(=O)N(c4ccccc4C(F)(F)F)C(=O)[C@@H]23)cc1. The number of benzene rings is 2. The van der Waals surface area contributed by atoms with Crippen LogP contribution in [0.3, 0.4) is 0 Å². The number of para-hydroxylation sites is 1. The Balaban J connectivity index is 1.45. The smallest absolute Gasteiger partial charge is 0.372 e. The van der Waals surface area contributed by atoms with Gasteiger partial charge in [-0.15, -0.1) is 0 Å². The van der Waals surface area contributed by atoms with Crippen molar-refractivity contribution in [1.82, 2.24) is 9.47 Å². The first kappa shape index (κ1) is 31.4. The third-order valence-electron chi connectivity index (χ3n) is 8.88. The van der Waals surface area contributed by atoms with E-state index in [-0.39, 0.29) is 17.3 Å². The Bertz CT molecular complexity index is 1680. The van der Waals surface area contributed by atoms with Crippen LogP contribution in [0.15, 0.2) is 58.4 Å². The number of imide groups is 1. The van der Waals surface area contributed by atoms with Crippen LogP contribution in [-0.4, -0.2) is 58.6 Å². The molecule has 0 unspecified atom stereocenters. The van der Waals surface area contributed by atoms with E-state index < -0.39 is 46.3 Å². The molecule has 3 atom stereocenters. The fourth-order valence-corrected chi connectivity index (χ4v) is 9.39. The molecule has 8 nitrogen and oxygen atoms in total. The van der Waals surface area contributed by atoms with Crippen LogP contribution in [0.5, 0.6) is 0 Å². The van der Waals surface area contributed by atoms with Crippen molar-refractivity contribution in [2.24, 2.45) is 5.92 Å². The summed E-state index contributed by atoms with van der Waals surface area (Å²) < 4.78 is 43.5. The second-order valence-electron chi connectivity index (χ2n) is 11.4. The summed E-state index contributed by atoms with van der Waals surface area (Å²) in [4.78, 5) is 59.5. The molecule has 0 bridgehead atoms. The third-order valence-corrected chi connectivity index (χ3v) is 11.5. The van der Waals surface area contributed by atoms with Gasteiger partial charge < -0.3 is 9.80 Å². The van der Waals surface area contributed by atoms with Gasteiger partial charge in [0.25, 0.3) is 0 Å². The van der Waals surface area contributed by atoms with Crippen LogP contribution in [-0.2, 0) is 27.1 Å². The highest BCUT2D eigenvalue weighted by molar-refractivity contribution is 8.00. The normalized spacial score (nSPS) is 21.6. The maximum atomic E-state index is 14.1. The van der Waals surface area contributed by atoms with E-state index in [2.05, 4.69) is 4.90 Å². The Morgan fingerprint density at radius 3 is 2.24 bits per heavy atom. The molecule has 0 saturated carbocycles. The Labute approximate surface area is 266 Å². The fourth-order valence-electron chi connectivity index (χ4n) is 6.62. The topological polar surface area (TPSA) is 82.9 Å². The number of halogens is 3. The quantitative estimate of drug-likeness (QED) is 0.309. The van der Waals surface area contributed by atoms with Crippen LogP contribution in [0.1, 0.15) is 55.0 Å². The van der Waals surface area contributed by atoms with Crippen LogP contribution in [0.4, 0.5) is 24.5 Å². The number of nitrogens with zero attached hydrogens (tertiary/aromatic N) is 4. The molecule has 13 heteroatoms. The molecule has 4 heterocycles. The number of amides is 3. The molecule has 2 saturated heterocycles. The first-order valence-electron chi connectivity index (χ1n) is 15.1. The van der Waals surface area contributed by atoms with E-state index in [0.29, 0.717) is 33.5 Å². The Morgan fingerprint density at radius 1 is 0.933 bits per heavy atom. The Hall–Kier alpha value is -3.58. The molecule has 3 aliphatic heterocycles. The highest BCUT2D eigenvalue weighted by Crippen LogP contribution is 2.54. The molecule has 0 N–H and O–H groups in total. The van der Waals surface area contributed by atoms with Gasteiger partial charge in [-0.25, -0.2) is 4.90 Å². The molecule has 238 valence electrons. The van der Waals surface area contributed by atoms with E-state index in [9.17, 15) is 32.3 Å². The molecule has 6 rings (SSSR count). The van der Waals surface area contributed by atoms with Crippen molar-refractivity contribution in [2.75, 3.05) is 36.0 Å². The lowest BCUT2D eigenvalue weighted by molar-refractivity contribution is -0.137. The van der Waals surface area contributed by atoms with Gasteiger partial charge in [-0.3, -0.25) is 23.7 Å². The number of thioether (sulfide) groups is 1. The van der Waals surface area contributed by atoms with Crippen molar-refractivity contribution in [3.05, 3.63) is 74.2 Å². The van der Waals surface area contributed by atoms with E-state index in [4.69, 9.17) is 0 Å². The number of hydrogen-bond acceptors (Lipinski definition) is 7. The summed E-state index contributed by atoms with van der Waals surface area (Å²) in [7, 11) is 0. The fraction of sp³-hybridized carbons (Fsp3) is 0.438. The summed E-state index contributed by atoms with van der Waals surface area (Å²) in [6, 6.07) is 12.1. The van der Waals surface area contributed by atoms with Crippen LogP contribution >= 0.6 is 23.1 Å². The minimum absolute atomic E-state index is 0.199. The predicted octanol–water partition coefficient (Wildman–Crippen LogP) is 5.58. The van der Waals surface area contributed by atoms with Crippen LogP contribution in [0.25, 0.3) is 0 Å². The zero-order valence-electron chi connectivity index (χ0n) is 24.9. The number of rotatable bonds is 7. The summed E-state index contributed by atoms with van der Waals surface area (Å²) in [6.45, 7) is 6.65. The van der Waals surface area contributed by atoms with Crippen molar-refractivity contribution in [2.45, 2.75) is 62.0 Å². The minimum Gasteiger partial charge on any atom is -0.372 e. The number of alkyl halides is 3. The van der Waals surface area contributed by atoms with Crippen molar-refractivity contribution in [1.29, 1.82) is 0 Å². The number of piperidine rings is 1. The van der Waals surface area contributed by atoms with Gasteiger partial charge in [0.1, 0.15) is 11.8 Å². The van der Waals surface area contributed by atoms with E-state index in [1.807, 2.05) is 38.1 Å². The Kier molecular flexibility index (Phi) is 8.59. The number of thiazole rings is 1.